The number of hydrogen-bond donors (Lipinski definition) is 3. The van der Waals surface area contributed by atoms with Gasteiger partial charge in [-0.3, -0.25) is 0 Å². The van der Waals surface area contributed by atoms with Crippen LogP contribution in [0.3, 0.4) is 0 Å². The van der Waals surface area contributed by atoms with Crippen molar-refractivity contribution in [2.45, 2.75) is 39.2 Å². The molecule has 2 rings (SSSR count). The Hall–Kier alpha value is -2.28. The van der Waals surface area contributed by atoms with Gasteiger partial charge in [0.1, 0.15) is 11.6 Å². The number of hydrogen-bond acceptors (Lipinski definition) is 7. The number of nitrogens with two attached hydrogens (primary N) is 2. The molecular formula is C14H22N6O. The van der Waals surface area contributed by atoms with E-state index in [9.17, 15) is 5.11 Å². The fraction of sp³-hybridized carbons (Fsp3) is 0.429. The van der Waals surface area contributed by atoms with Crippen LogP contribution in [0.4, 0.5) is 11.6 Å². The van der Waals surface area contributed by atoms with E-state index in [0.717, 1.165) is 5.56 Å². The van der Waals surface area contributed by atoms with E-state index >= 15 is 0 Å². The van der Waals surface area contributed by atoms with Crippen molar-refractivity contribution in [2.75, 3.05) is 11.5 Å². The van der Waals surface area contributed by atoms with E-state index in [2.05, 4.69) is 34.2 Å². The monoisotopic (exact) mass is 290 g/mol. The molecule has 0 aliphatic heterocycles. The third kappa shape index (κ3) is 5.70. The lowest BCUT2D eigenvalue weighted by molar-refractivity contribution is 0.0781. The quantitative estimate of drug-likeness (QED) is 0.764. The fourth-order valence-corrected chi connectivity index (χ4v) is 1.43. The van der Waals surface area contributed by atoms with Crippen LogP contribution in [0.5, 0.6) is 0 Å². The number of aromatic nitrogens is 4. The van der Waals surface area contributed by atoms with Crippen molar-refractivity contribution in [3.63, 3.8) is 0 Å². The zero-order valence-electron chi connectivity index (χ0n) is 12.8. The van der Waals surface area contributed by atoms with E-state index in [1.54, 1.807) is 26.1 Å². The van der Waals surface area contributed by atoms with Crippen molar-refractivity contribution < 1.29 is 5.11 Å². The second-order valence-electron chi connectivity index (χ2n) is 5.50. The highest BCUT2D eigenvalue weighted by Gasteiger charge is 2.16. The largest absolute Gasteiger partial charge is 0.386 e. The Kier molecular flexibility index (Phi) is 5.54. The number of aliphatic hydroxyl groups is 1. The van der Waals surface area contributed by atoms with Crippen molar-refractivity contribution in [2.24, 2.45) is 0 Å². The summed E-state index contributed by atoms with van der Waals surface area (Å²) < 4.78 is 0. The molecule has 0 spiro atoms. The molecule has 2 heterocycles. The van der Waals surface area contributed by atoms with Gasteiger partial charge in [0, 0.05) is 5.56 Å². The maximum Gasteiger partial charge on any atom is 0.146 e. The molecule has 0 aromatic carbocycles. The summed E-state index contributed by atoms with van der Waals surface area (Å²) in [6.07, 6.45) is 3.23. The lowest BCUT2D eigenvalue weighted by Crippen LogP contribution is -2.16. The molecule has 21 heavy (non-hydrogen) atoms. The zero-order chi connectivity index (χ0) is 16.0. The van der Waals surface area contributed by atoms with Gasteiger partial charge in [0.2, 0.25) is 0 Å². The van der Waals surface area contributed by atoms with E-state index in [1.807, 2.05) is 6.07 Å². The van der Waals surface area contributed by atoms with Gasteiger partial charge in [0.05, 0.1) is 18.0 Å². The van der Waals surface area contributed by atoms with Crippen molar-refractivity contribution in [3.05, 3.63) is 35.7 Å². The van der Waals surface area contributed by atoms with Crippen LogP contribution in [0.1, 0.15) is 44.7 Å². The van der Waals surface area contributed by atoms with E-state index in [-0.39, 0.29) is 0 Å². The fourth-order valence-electron chi connectivity index (χ4n) is 1.43. The van der Waals surface area contributed by atoms with Gasteiger partial charge in [0.15, 0.2) is 0 Å². The van der Waals surface area contributed by atoms with Gasteiger partial charge in [0.25, 0.3) is 0 Å². The highest BCUT2D eigenvalue weighted by molar-refractivity contribution is 5.32. The predicted octanol–water partition coefficient (Wildman–Crippen LogP) is 1.47. The zero-order valence-corrected chi connectivity index (χ0v) is 12.8. The van der Waals surface area contributed by atoms with Gasteiger partial charge in [-0.05, 0) is 37.5 Å². The first-order valence-electron chi connectivity index (χ1n) is 6.59. The summed E-state index contributed by atoms with van der Waals surface area (Å²) in [4.78, 5) is 0. The third-order valence-corrected chi connectivity index (χ3v) is 2.74. The Morgan fingerprint density at radius 3 is 1.86 bits per heavy atom. The van der Waals surface area contributed by atoms with Crippen LogP contribution in [0.15, 0.2) is 24.5 Å². The van der Waals surface area contributed by atoms with Gasteiger partial charge < -0.3 is 16.6 Å². The lowest BCUT2D eigenvalue weighted by Gasteiger charge is -2.16. The Morgan fingerprint density at radius 1 is 1.00 bits per heavy atom. The van der Waals surface area contributed by atoms with E-state index in [1.165, 1.54) is 6.20 Å². The van der Waals surface area contributed by atoms with Crippen molar-refractivity contribution in [1.82, 2.24) is 20.4 Å². The highest BCUT2D eigenvalue weighted by atomic mass is 16.3. The average Bonchev–Trinajstić information content (AvgIpc) is 2.38. The highest BCUT2D eigenvalue weighted by Crippen LogP contribution is 2.18. The van der Waals surface area contributed by atoms with Gasteiger partial charge >= 0.3 is 0 Å². The molecule has 0 radical (unpaired) electrons. The summed E-state index contributed by atoms with van der Waals surface area (Å²) >= 11 is 0. The normalized spacial score (nSPS) is 11.0. The Labute approximate surface area is 124 Å². The smallest absolute Gasteiger partial charge is 0.146 e. The SMILES string of the molecule is CC(C)(O)c1cnnc(N)c1.CC(C)c1cnnc(N)c1. The molecule has 7 nitrogen and oxygen atoms in total. The predicted molar refractivity (Wildman–Crippen MR) is 82.2 cm³/mol. The third-order valence-electron chi connectivity index (χ3n) is 2.74. The molecule has 0 bridgehead atoms. The molecule has 0 unspecified atom stereocenters. The Morgan fingerprint density at radius 2 is 1.52 bits per heavy atom. The molecule has 5 N–H and O–H groups in total. The summed E-state index contributed by atoms with van der Waals surface area (Å²) in [5.74, 6) is 1.29. The molecule has 0 saturated heterocycles. The van der Waals surface area contributed by atoms with E-state index in [0.29, 0.717) is 23.1 Å². The van der Waals surface area contributed by atoms with Gasteiger partial charge in [-0.2, -0.15) is 10.2 Å². The van der Waals surface area contributed by atoms with Crippen LogP contribution >= 0.6 is 0 Å². The minimum atomic E-state index is -0.899. The molecule has 114 valence electrons. The van der Waals surface area contributed by atoms with Gasteiger partial charge in [-0.1, -0.05) is 13.8 Å². The second kappa shape index (κ2) is 6.94. The summed E-state index contributed by atoms with van der Waals surface area (Å²) in [5, 5.41) is 24.1. The van der Waals surface area contributed by atoms with Crippen molar-refractivity contribution in [3.8, 4) is 0 Å². The van der Waals surface area contributed by atoms with Crippen molar-refractivity contribution in [1.29, 1.82) is 0 Å². The maximum absolute atomic E-state index is 9.49. The van der Waals surface area contributed by atoms with Crippen LogP contribution in [0.2, 0.25) is 0 Å². The molecule has 0 saturated carbocycles. The first kappa shape index (κ1) is 16.8. The second-order valence-corrected chi connectivity index (χ2v) is 5.50. The number of nitrogens with zero attached hydrogens (tertiary/aromatic N) is 4. The maximum atomic E-state index is 9.49. The molecule has 0 fully saturated rings. The van der Waals surface area contributed by atoms with Crippen LogP contribution in [-0.2, 0) is 5.60 Å². The molecule has 2 aromatic heterocycles. The molecule has 7 heteroatoms. The summed E-state index contributed by atoms with van der Waals surface area (Å²) in [6.45, 7) is 7.53. The lowest BCUT2D eigenvalue weighted by atomic mass is 10.0. The molecule has 0 amide bonds. The van der Waals surface area contributed by atoms with Gasteiger partial charge in [-0.15, -0.1) is 10.2 Å². The first-order valence-corrected chi connectivity index (χ1v) is 6.59. The summed E-state index contributed by atoms with van der Waals surface area (Å²) in [7, 11) is 0. The van der Waals surface area contributed by atoms with Crippen LogP contribution in [-0.4, -0.2) is 25.5 Å². The Balaban J connectivity index is 0.000000211. The standard InChI is InChI=1S/C7H11N3O.C7H11N3/c1-7(2,11)5-3-6(8)10-9-4-5;1-5(2)6-3-7(8)10-9-4-6/h3-4,11H,1-2H3,(H2,8,10);3-5H,1-2H3,(H2,8,10). The average molecular weight is 290 g/mol. The molecule has 0 atom stereocenters. The van der Waals surface area contributed by atoms with E-state index < -0.39 is 5.60 Å². The molecule has 0 aliphatic rings. The topological polar surface area (TPSA) is 124 Å². The van der Waals surface area contributed by atoms with E-state index in [4.69, 9.17) is 11.5 Å². The molecular weight excluding hydrogens is 268 g/mol. The van der Waals surface area contributed by atoms with Crippen LogP contribution in [0.25, 0.3) is 0 Å². The van der Waals surface area contributed by atoms with Crippen LogP contribution < -0.4 is 11.5 Å². The first-order chi connectivity index (χ1) is 9.70. The number of rotatable bonds is 2. The van der Waals surface area contributed by atoms with Gasteiger partial charge in [-0.25, -0.2) is 0 Å². The summed E-state index contributed by atoms with van der Waals surface area (Å²) in [5.41, 5.74) is 11.7. The number of nitrogen functional groups attached to an aromatic ring is 2. The van der Waals surface area contributed by atoms with Crippen LogP contribution in [0, 0.1) is 0 Å². The molecule has 2 aromatic rings. The molecule has 0 aliphatic carbocycles. The summed E-state index contributed by atoms with van der Waals surface area (Å²) in [6, 6.07) is 3.45. The minimum Gasteiger partial charge on any atom is -0.386 e. The minimum absolute atomic E-state index is 0.324. The Bertz CT molecular complexity index is 580. The number of anilines is 2. The van der Waals surface area contributed by atoms with Crippen molar-refractivity contribution >= 4 is 11.6 Å².